The third-order valence-corrected chi connectivity index (χ3v) is 6.23. The molecular weight excluding hydrogens is 441 g/mol. The molecule has 3 heterocycles. The molecular formula is C21H31Cl2N5O3. The molecule has 2 saturated heterocycles. The predicted molar refractivity (Wildman–Crippen MR) is 125 cm³/mol. The van der Waals surface area contributed by atoms with Crippen LogP contribution in [0.3, 0.4) is 0 Å². The van der Waals surface area contributed by atoms with Crippen molar-refractivity contribution in [2.75, 3.05) is 33.0 Å². The number of likely N-dealkylation sites (N-methyl/N-ethyl adjacent to an activating group) is 1. The summed E-state index contributed by atoms with van der Waals surface area (Å²) in [6.45, 7) is 0.0831. The molecule has 8 nitrogen and oxygen atoms in total. The second-order valence-corrected chi connectivity index (χ2v) is 8.36. The Kier molecular flexibility index (Phi) is 8.57. The van der Waals surface area contributed by atoms with E-state index in [-0.39, 0.29) is 55.2 Å². The Labute approximate surface area is 194 Å². The lowest BCUT2D eigenvalue weighted by molar-refractivity contribution is -0.126. The number of carbonyl (C=O) groups is 2. The van der Waals surface area contributed by atoms with Crippen LogP contribution in [-0.4, -0.2) is 72.4 Å². The van der Waals surface area contributed by atoms with Gasteiger partial charge in [-0.25, -0.2) is 0 Å². The topological polar surface area (TPSA) is 90.7 Å². The first-order chi connectivity index (χ1) is 13.9. The third-order valence-electron chi connectivity index (χ3n) is 6.23. The first-order valence-electron chi connectivity index (χ1n) is 10.3. The molecule has 172 valence electrons. The Morgan fingerprint density at radius 2 is 1.87 bits per heavy atom. The Bertz CT molecular complexity index is 906. The van der Waals surface area contributed by atoms with E-state index in [1.165, 1.54) is 24.2 Å². The summed E-state index contributed by atoms with van der Waals surface area (Å²) in [6, 6.07) is 6.88. The number of aromatic nitrogens is 1. The molecule has 2 aliphatic heterocycles. The summed E-state index contributed by atoms with van der Waals surface area (Å²) in [5.41, 5.74) is 1.54. The lowest BCUT2D eigenvalue weighted by Gasteiger charge is -2.47. The van der Waals surface area contributed by atoms with Gasteiger partial charge in [-0.1, -0.05) is 12.5 Å². The largest absolute Gasteiger partial charge is 0.424 e. The number of oxazole rings is 1. The highest BCUT2D eigenvalue weighted by molar-refractivity contribution is 6.04. The molecule has 1 aromatic heterocycles. The number of para-hydroxylation sites is 1. The van der Waals surface area contributed by atoms with Crippen molar-refractivity contribution in [1.82, 2.24) is 20.1 Å². The van der Waals surface area contributed by atoms with Gasteiger partial charge in [0.15, 0.2) is 5.58 Å². The number of halogens is 2. The van der Waals surface area contributed by atoms with Crippen molar-refractivity contribution in [2.24, 2.45) is 0 Å². The molecule has 2 unspecified atom stereocenters. The fourth-order valence-electron chi connectivity index (χ4n) is 4.51. The van der Waals surface area contributed by atoms with E-state index in [1.54, 1.807) is 32.3 Å². The maximum Gasteiger partial charge on any atom is 0.296 e. The Morgan fingerprint density at radius 1 is 1.19 bits per heavy atom. The molecule has 0 spiro atoms. The Balaban J connectivity index is 0.00000171. The third kappa shape index (κ3) is 5.42. The summed E-state index contributed by atoms with van der Waals surface area (Å²) < 4.78 is 5.67. The van der Waals surface area contributed by atoms with Crippen LogP contribution in [0.5, 0.6) is 0 Å². The second kappa shape index (κ2) is 10.5. The summed E-state index contributed by atoms with van der Waals surface area (Å²) in [7, 11) is 5.59. The van der Waals surface area contributed by atoms with Gasteiger partial charge in [-0.15, -0.1) is 24.8 Å². The van der Waals surface area contributed by atoms with E-state index in [4.69, 9.17) is 4.42 Å². The summed E-state index contributed by atoms with van der Waals surface area (Å²) in [5.74, 6) is -0.203. The Morgan fingerprint density at radius 3 is 2.52 bits per heavy atom. The first kappa shape index (κ1) is 25.2. The van der Waals surface area contributed by atoms with Gasteiger partial charge in [0, 0.05) is 32.2 Å². The van der Waals surface area contributed by atoms with Gasteiger partial charge in [0.25, 0.3) is 11.9 Å². The van der Waals surface area contributed by atoms with Gasteiger partial charge in [0.05, 0.1) is 12.1 Å². The van der Waals surface area contributed by atoms with E-state index in [1.807, 2.05) is 0 Å². The van der Waals surface area contributed by atoms with Crippen LogP contribution in [0.15, 0.2) is 22.6 Å². The average molecular weight is 472 g/mol. The van der Waals surface area contributed by atoms with E-state index >= 15 is 0 Å². The molecule has 2 aromatic rings. The van der Waals surface area contributed by atoms with Crippen molar-refractivity contribution in [3.63, 3.8) is 0 Å². The van der Waals surface area contributed by atoms with Gasteiger partial charge < -0.3 is 24.9 Å². The minimum absolute atomic E-state index is 0. The van der Waals surface area contributed by atoms with Crippen molar-refractivity contribution in [3.05, 3.63) is 23.8 Å². The predicted octanol–water partition coefficient (Wildman–Crippen LogP) is 2.92. The van der Waals surface area contributed by atoms with E-state index in [0.29, 0.717) is 28.7 Å². The highest BCUT2D eigenvalue weighted by Gasteiger charge is 2.36. The normalized spacial score (nSPS) is 22.7. The molecule has 2 N–H and O–H groups in total. The highest BCUT2D eigenvalue weighted by atomic mass is 35.5. The molecule has 10 heteroatoms. The van der Waals surface area contributed by atoms with Crippen LogP contribution >= 0.6 is 24.8 Å². The highest BCUT2D eigenvalue weighted by Crippen LogP contribution is 2.33. The maximum absolute atomic E-state index is 13.0. The lowest BCUT2D eigenvalue weighted by atomic mass is 9.82. The number of nitrogens with zero attached hydrogens (tertiary/aromatic N) is 3. The average Bonchev–Trinajstić information content (AvgIpc) is 3.09. The number of hydrogen-bond donors (Lipinski definition) is 2. The van der Waals surface area contributed by atoms with Crippen LogP contribution < -0.4 is 10.6 Å². The number of piperidine rings is 2. The molecule has 0 saturated carbocycles. The molecule has 2 atom stereocenters. The molecule has 0 aliphatic carbocycles. The number of fused-ring (bicyclic) bond motifs is 3. The standard InChI is InChI=1S/C21H29N5O3.2ClH/c1-25(2)18(27)12-22-21-24-19-16(8-5-9-17(19)29-21)20(28)23-13-10-14-6-4-7-15(11-13)26(14)3;;/h5,8-9,13-15H,4,6-7,10-12H2,1-3H3,(H,22,24)(H,23,28);2*1H. The summed E-state index contributed by atoms with van der Waals surface area (Å²) in [5, 5.41) is 6.11. The summed E-state index contributed by atoms with van der Waals surface area (Å²) in [4.78, 5) is 33.2. The smallest absolute Gasteiger partial charge is 0.296 e. The SMILES string of the molecule is CN(C)C(=O)CNc1nc2c(C(=O)NC3CC4CCCC(C3)N4C)cccc2o1.Cl.Cl. The second-order valence-electron chi connectivity index (χ2n) is 8.36. The van der Waals surface area contributed by atoms with E-state index < -0.39 is 0 Å². The fraction of sp³-hybridized carbons (Fsp3) is 0.571. The van der Waals surface area contributed by atoms with E-state index in [0.717, 1.165) is 12.8 Å². The van der Waals surface area contributed by atoms with Crippen LogP contribution in [0, 0.1) is 0 Å². The van der Waals surface area contributed by atoms with Gasteiger partial charge in [-0.3, -0.25) is 9.59 Å². The van der Waals surface area contributed by atoms with Crippen molar-refractivity contribution in [2.45, 2.75) is 50.2 Å². The van der Waals surface area contributed by atoms with Crippen molar-refractivity contribution < 1.29 is 14.0 Å². The van der Waals surface area contributed by atoms with Crippen molar-refractivity contribution in [3.8, 4) is 0 Å². The van der Waals surface area contributed by atoms with Gasteiger partial charge >= 0.3 is 0 Å². The lowest BCUT2D eigenvalue weighted by Crippen LogP contribution is -2.55. The minimum Gasteiger partial charge on any atom is -0.424 e. The number of amides is 2. The van der Waals surface area contributed by atoms with E-state index in [2.05, 4.69) is 27.6 Å². The van der Waals surface area contributed by atoms with Crippen LogP contribution in [0.2, 0.25) is 0 Å². The zero-order valence-electron chi connectivity index (χ0n) is 18.1. The van der Waals surface area contributed by atoms with Gasteiger partial charge in [0.2, 0.25) is 5.91 Å². The van der Waals surface area contributed by atoms with Crippen molar-refractivity contribution in [1.29, 1.82) is 0 Å². The summed E-state index contributed by atoms with van der Waals surface area (Å²) >= 11 is 0. The van der Waals surface area contributed by atoms with Gasteiger partial charge in [-0.2, -0.15) is 4.98 Å². The first-order valence-corrected chi connectivity index (χ1v) is 10.3. The quantitative estimate of drug-likeness (QED) is 0.696. The van der Waals surface area contributed by atoms with Crippen LogP contribution in [0.25, 0.3) is 11.1 Å². The number of nitrogens with one attached hydrogen (secondary N) is 2. The van der Waals surface area contributed by atoms with Crippen LogP contribution in [-0.2, 0) is 4.79 Å². The zero-order chi connectivity index (χ0) is 20.5. The van der Waals surface area contributed by atoms with Crippen LogP contribution in [0.1, 0.15) is 42.5 Å². The fourth-order valence-corrected chi connectivity index (χ4v) is 4.51. The Hall–Kier alpha value is -2.03. The molecule has 0 radical (unpaired) electrons. The number of hydrogen-bond acceptors (Lipinski definition) is 6. The molecule has 2 aliphatic rings. The van der Waals surface area contributed by atoms with Gasteiger partial charge in [0.1, 0.15) is 5.52 Å². The molecule has 4 rings (SSSR count). The van der Waals surface area contributed by atoms with Gasteiger partial charge in [-0.05, 0) is 44.9 Å². The number of carbonyl (C=O) groups excluding carboxylic acids is 2. The molecule has 2 amide bonds. The number of rotatable bonds is 5. The number of benzene rings is 1. The molecule has 2 fully saturated rings. The molecule has 1 aromatic carbocycles. The maximum atomic E-state index is 13.0. The van der Waals surface area contributed by atoms with Crippen molar-refractivity contribution >= 4 is 53.7 Å². The minimum atomic E-state index is -0.118. The van der Waals surface area contributed by atoms with Crippen LogP contribution in [0.4, 0.5) is 6.01 Å². The summed E-state index contributed by atoms with van der Waals surface area (Å²) in [6.07, 6.45) is 5.68. The molecule has 31 heavy (non-hydrogen) atoms. The zero-order valence-corrected chi connectivity index (χ0v) is 19.7. The number of anilines is 1. The van der Waals surface area contributed by atoms with E-state index in [9.17, 15) is 9.59 Å². The monoisotopic (exact) mass is 471 g/mol. The molecule has 2 bridgehead atoms.